The average molecular weight is 305 g/mol. The molecular formula is C7H3Br2N3O. The van der Waals surface area contributed by atoms with E-state index in [1.54, 1.807) is 12.4 Å². The van der Waals surface area contributed by atoms with Gasteiger partial charge < -0.3 is 4.42 Å². The maximum absolute atomic E-state index is 5.16. The van der Waals surface area contributed by atoms with Gasteiger partial charge in [0, 0.05) is 32.8 Å². The maximum Gasteiger partial charge on any atom is 0.285 e. The van der Waals surface area contributed by atoms with Gasteiger partial charge in [0.1, 0.15) is 0 Å². The lowest BCUT2D eigenvalue weighted by Crippen LogP contribution is -1.79. The first kappa shape index (κ1) is 8.83. The molecule has 0 bridgehead atoms. The van der Waals surface area contributed by atoms with Gasteiger partial charge in [-0.2, -0.15) is 0 Å². The van der Waals surface area contributed by atoms with Crippen molar-refractivity contribution >= 4 is 31.9 Å². The number of hydrogen-bond donors (Lipinski definition) is 0. The molecule has 4 nitrogen and oxygen atoms in total. The average Bonchev–Trinajstić information content (AvgIpc) is 2.52. The Balaban J connectivity index is 2.46. The van der Waals surface area contributed by atoms with E-state index >= 15 is 0 Å². The summed E-state index contributed by atoms with van der Waals surface area (Å²) in [5.74, 6) is 0.445. The smallest absolute Gasteiger partial charge is 0.285 e. The molecule has 0 saturated carbocycles. The maximum atomic E-state index is 5.16. The first-order valence-corrected chi connectivity index (χ1v) is 4.94. The van der Waals surface area contributed by atoms with E-state index in [0.717, 1.165) is 10.0 Å². The Kier molecular flexibility index (Phi) is 2.41. The molecule has 0 aliphatic heterocycles. The minimum Gasteiger partial charge on any atom is -0.411 e. The zero-order chi connectivity index (χ0) is 9.26. The van der Waals surface area contributed by atoms with Crippen LogP contribution in [0.4, 0.5) is 0 Å². The Morgan fingerprint density at radius 1 is 1.15 bits per heavy atom. The summed E-state index contributed by atoms with van der Waals surface area (Å²) >= 11 is 6.38. The van der Waals surface area contributed by atoms with Gasteiger partial charge in [-0.25, -0.2) is 0 Å². The molecule has 2 heterocycles. The summed E-state index contributed by atoms with van der Waals surface area (Å²) < 4.78 is 6.03. The highest BCUT2D eigenvalue weighted by Crippen LogP contribution is 2.21. The summed E-state index contributed by atoms with van der Waals surface area (Å²) in [5, 5.41) is 7.48. The van der Waals surface area contributed by atoms with Crippen LogP contribution in [0.2, 0.25) is 0 Å². The number of nitrogens with zero attached hydrogens (tertiary/aromatic N) is 3. The molecule has 0 spiro atoms. The van der Waals surface area contributed by atoms with Crippen LogP contribution < -0.4 is 0 Å². The molecule has 0 radical (unpaired) electrons. The van der Waals surface area contributed by atoms with E-state index in [0.29, 0.717) is 10.7 Å². The monoisotopic (exact) mass is 303 g/mol. The van der Waals surface area contributed by atoms with Crippen LogP contribution in [0.3, 0.4) is 0 Å². The molecule has 0 fully saturated rings. The van der Waals surface area contributed by atoms with Gasteiger partial charge in [-0.1, -0.05) is 0 Å². The van der Waals surface area contributed by atoms with Crippen molar-refractivity contribution in [2.75, 3.05) is 0 Å². The standard InChI is InChI=1S/C7H3Br2N3O/c8-5-1-4(2-10-3-5)6-11-12-7(9)13-6/h1-3H. The van der Waals surface area contributed by atoms with Crippen LogP contribution in [0.5, 0.6) is 0 Å². The summed E-state index contributed by atoms with van der Waals surface area (Å²) in [6, 6.07) is 1.85. The fraction of sp³-hybridized carbons (Fsp3) is 0. The lowest BCUT2D eigenvalue weighted by molar-refractivity contribution is 0.540. The fourth-order valence-electron chi connectivity index (χ4n) is 0.851. The molecular weight excluding hydrogens is 302 g/mol. The Morgan fingerprint density at radius 2 is 2.00 bits per heavy atom. The number of halogens is 2. The van der Waals surface area contributed by atoms with Gasteiger partial charge >= 0.3 is 0 Å². The van der Waals surface area contributed by atoms with Crippen LogP contribution >= 0.6 is 31.9 Å². The van der Waals surface area contributed by atoms with Gasteiger partial charge in [0.2, 0.25) is 5.89 Å². The van der Waals surface area contributed by atoms with Gasteiger partial charge in [0.05, 0.1) is 5.56 Å². The van der Waals surface area contributed by atoms with Crippen LogP contribution in [0, 0.1) is 0 Å². The first-order valence-electron chi connectivity index (χ1n) is 3.35. The molecule has 0 aliphatic rings. The summed E-state index contributed by atoms with van der Waals surface area (Å²) in [4.78, 5) is 4.34. The topological polar surface area (TPSA) is 51.8 Å². The van der Waals surface area contributed by atoms with Crippen molar-refractivity contribution in [1.29, 1.82) is 0 Å². The SMILES string of the molecule is Brc1cncc(-c2nnc(Br)o2)c1. The zero-order valence-electron chi connectivity index (χ0n) is 6.24. The molecule has 2 rings (SSSR count). The largest absolute Gasteiger partial charge is 0.411 e. The Bertz CT molecular complexity index is 429. The molecule has 2 aromatic heterocycles. The first-order chi connectivity index (χ1) is 6.25. The molecule has 13 heavy (non-hydrogen) atoms. The highest BCUT2D eigenvalue weighted by atomic mass is 79.9. The second-order valence-electron chi connectivity index (χ2n) is 2.25. The number of hydrogen-bond acceptors (Lipinski definition) is 4. The highest BCUT2D eigenvalue weighted by Gasteiger charge is 2.06. The third kappa shape index (κ3) is 1.94. The second kappa shape index (κ2) is 3.55. The van der Waals surface area contributed by atoms with Crippen molar-refractivity contribution in [2.24, 2.45) is 0 Å². The van der Waals surface area contributed by atoms with Crippen LogP contribution in [0.25, 0.3) is 11.5 Å². The molecule has 2 aromatic rings. The van der Waals surface area contributed by atoms with Crippen LogP contribution in [0.1, 0.15) is 0 Å². The van der Waals surface area contributed by atoms with E-state index in [1.165, 1.54) is 0 Å². The van der Waals surface area contributed by atoms with E-state index in [1.807, 2.05) is 6.07 Å². The van der Waals surface area contributed by atoms with Crippen molar-refractivity contribution in [1.82, 2.24) is 15.2 Å². The van der Waals surface area contributed by atoms with Gasteiger partial charge in [-0.15, -0.1) is 10.2 Å². The van der Waals surface area contributed by atoms with Crippen molar-refractivity contribution in [3.8, 4) is 11.5 Å². The molecule has 0 N–H and O–H groups in total. The minimum absolute atomic E-state index is 0.363. The molecule has 0 atom stereocenters. The summed E-state index contributed by atoms with van der Waals surface area (Å²) in [6.45, 7) is 0. The molecule has 0 aliphatic carbocycles. The summed E-state index contributed by atoms with van der Waals surface area (Å²) in [6.07, 6.45) is 3.35. The summed E-state index contributed by atoms with van der Waals surface area (Å²) in [7, 11) is 0. The number of aromatic nitrogens is 3. The molecule has 0 unspecified atom stereocenters. The molecule has 0 aromatic carbocycles. The van der Waals surface area contributed by atoms with E-state index in [2.05, 4.69) is 47.0 Å². The third-order valence-corrected chi connectivity index (χ3v) is 2.11. The quantitative estimate of drug-likeness (QED) is 0.813. The Morgan fingerprint density at radius 3 is 2.62 bits per heavy atom. The van der Waals surface area contributed by atoms with Crippen molar-refractivity contribution in [2.45, 2.75) is 0 Å². The number of rotatable bonds is 1. The third-order valence-electron chi connectivity index (χ3n) is 1.35. The molecule has 66 valence electrons. The normalized spacial score (nSPS) is 10.3. The van der Waals surface area contributed by atoms with E-state index < -0.39 is 0 Å². The van der Waals surface area contributed by atoms with Crippen molar-refractivity contribution < 1.29 is 4.42 Å². The Labute approximate surface area is 90.6 Å². The van der Waals surface area contributed by atoms with Gasteiger partial charge in [-0.3, -0.25) is 4.98 Å². The summed E-state index contributed by atoms with van der Waals surface area (Å²) in [5.41, 5.74) is 0.785. The Hall–Kier alpha value is -0.750. The number of pyridine rings is 1. The zero-order valence-corrected chi connectivity index (χ0v) is 9.41. The van der Waals surface area contributed by atoms with E-state index in [9.17, 15) is 0 Å². The molecule has 0 saturated heterocycles. The van der Waals surface area contributed by atoms with Crippen LogP contribution in [0.15, 0.2) is 32.1 Å². The van der Waals surface area contributed by atoms with Gasteiger partial charge in [-0.05, 0) is 22.0 Å². The van der Waals surface area contributed by atoms with Gasteiger partial charge in [0.25, 0.3) is 4.80 Å². The molecule has 0 amide bonds. The van der Waals surface area contributed by atoms with Crippen LogP contribution in [-0.4, -0.2) is 15.2 Å². The highest BCUT2D eigenvalue weighted by molar-refractivity contribution is 9.10. The predicted molar refractivity (Wildman–Crippen MR) is 52.9 cm³/mol. The fourth-order valence-corrected chi connectivity index (χ4v) is 1.45. The van der Waals surface area contributed by atoms with E-state index in [-0.39, 0.29) is 0 Å². The second-order valence-corrected chi connectivity index (χ2v) is 3.85. The lowest BCUT2D eigenvalue weighted by Gasteiger charge is -1.93. The van der Waals surface area contributed by atoms with Crippen molar-refractivity contribution in [3.63, 3.8) is 0 Å². The van der Waals surface area contributed by atoms with E-state index in [4.69, 9.17) is 4.42 Å². The van der Waals surface area contributed by atoms with Crippen LogP contribution in [-0.2, 0) is 0 Å². The molecule has 6 heteroatoms. The minimum atomic E-state index is 0.363. The van der Waals surface area contributed by atoms with Gasteiger partial charge in [0.15, 0.2) is 0 Å². The van der Waals surface area contributed by atoms with Crippen molar-refractivity contribution in [3.05, 3.63) is 27.7 Å². The predicted octanol–water partition coefficient (Wildman–Crippen LogP) is 2.66. The lowest BCUT2D eigenvalue weighted by atomic mass is 10.3.